The maximum atomic E-state index is 13.3. The number of benzene rings is 1. The number of halogens is 2. The Balaban J connectivity index is 1.67. The fourth-order valence-electron chi connectivity index (χ4n) is 2.72. The van der Waals surface area contributed by atoms with E-state index in [1.165, 1.54) is 17.4 Å². The topological polar surface area (TPSA) is 88.3 Å². The lowest BCUT2D eigenvalue weighted by atomic mass is 10.1. The average Bonchev–Trinajstić information content (AvgIpc) is 3.24. The van der Waals surface area contributed by atoms with E-state index in [2.05, 4.69) is 10.3 Å². The molecule has 0 aliphatic carbocycles. The molecule has 0 saturated carbocycles. The van der Waals surface area contributed by atoms with Gasteiger partial charge in [-0.1, -0.05) is 0 Å². The highest BCUT2D eigenvalue weighted by atomic mass is 32.1. The zero-order chi connectivity index (χ0) is 18.0. The van der Waals surface area contributed by atoms with Crippen LogP contribution < -0.4 is 11.1 Å². The Labute approximate surface area is 146 Å². The Morgan fingerprint density at radius 1 is 1.36 bits per heavy atom. The number of carbonyl (C=O) groups is 2. The quantitative estimate of drug-likeness (QED) is 0.870. The molecule has 132 valence electrons. The van der Waals surface area contributed by atoms with Crippen LogP contribution in [0.3, 0.4) is 0 Å². The fourth-order valence-corrected chi connectivity index (χ4v) is 3.52. The van der Waals surface area contributed by atoms with Gasteiger partial charge in [0.25, 0.3) is 5.91 Å². The molecule has 6 nitrogen and oxygen atoms in total. The number of thiazole rings is 1. The van der Waals surface area contributed by atoms with E-state index in [9.17, 15) is 18.4 Å². The molecule has 25 heavy (non-hydrogen) atoms. The lowest BCUT2D eigenvalue weighted by Gasteiger charge is -2.15. The molecular formula is C16H16F2N4O2S. The Kier molecular flexibility index (Phi) is 4.93. The molecular weight excluding hydrogens is 350 g/mol. The van der Waals surface area contributed by atoms with Gasteiger partial charge < -0.3 is 16.0 Å². The van der Waals surface area contributed by atoms with Crippen molar-refractivity contribution in [3.05, 3.63) is 40.9 Å². The van der Waals surface area contributed by atoms with Gasteiger partial charge in [-0.15, -0.1) is 11.3 Å². The second-order valence-corrected chi connectivity index (χ2v) is 6.68. The third-order valence-corrected chi connectivity index (χ3v) is 4.92. The molecule has 3 N–H and O–H groups in total. The van der Waals surface area contributed by atoms with Gasteiger partial charge in [0, 0.05) is 30.6 Å². The minimum absolute atomic E-state index is 0.153. The minimum atomic E-state index is -0.954. The maximum absolute atomic E-state index is 13.3. The zero-order valence-corrected chi connectivity index (χ0v) is 14.0. The number of carbonyl (C=O) groups excluding carboxylic acids is 2. The molecule has 0 bridgehead atoms. The summed E-state index contributed by atoms with van der Waals surface area (Å²) in [4.78, 5) is 29.2. The van der Waals surface area contributed by atoms with Crippen molar-refractivity contribution in [1.82, 2.24) is 15.2 Å². The fraction of sp³-hybridized carbons (Fsp3) is 0.312. The second kappa shape index (κ2) is 7.14. The van der Waals surface area contributed by atoms with E-state index in [0.717, 1.165) is 18.6 Å². The molecule has 0 radical (unpaired) electrons. The molecule has 3 rings (SSSR count). The molecule has 3 amide bonds. The summed E-state index contributed by atoms with van der Waals surface area (Å²) in [5, 5.41) is 4.60. The van der Waals surface area contributed by atoms with Crippen LogP contribution in [0.4, 0.5) is 13.6 Å². The van der Waals surface area contributed by atoms with Crippen molar-refractivity contribution in [3.8, 4) is 10.6 Å². The largest absolute Gasteiger partial charge is 0.352 e. The van der Waals surface area contributed by atoms with E-state index >= 15 is 0 Å². The van der Waals surface area contributed by atoms with Gasteiger partial charge in [0.1, 0.15) is 10.7 Å². The second-order valence-electron chi connectivity index (χ2n) is 5.82. The number of aromatic nitrogens is 1. The molecule has 1 atom stereocenters. The summed E-state index contributed by atoms with van der Waals surface area (Å²) < 4.78 is 26.4. The predicted molar refractivity (Wildman–Crippen MR) is 89.1 cm³/mol. The molecule has 1 aromatic heterocycles. The molecule has 1 aliphatic heterocycles. The third-order valence-electron chi connectivity index (χ3n) is 4.03. The molecule has 2 aromatic rings. The number of likely N-dealkylation sites (tertiary alicyclic amines) is 1. The van der Waals surface area contributed by atoms with E-state index in [1.807, 2.05) is 0 Å². The predicted octanol–water partition coefficient (Wildman–Crippen LogP) is 2.22. The number of nitrogens with zero attached hydrogens (tertiary/aromatic N) is 2. The molecule has 1 saturated heterocycles. The van der Waals surface area contributed by atoms with Gasteiger partial charge in [-0.2, -0.15) is 0 Å². The summed E-state index contributed by atoms with van der Waals surface area (Å²) >= 11 is 1.20. The average molecular weight is 366 g/mol. The summed E-state index contributed by atoms with van der Waals surface area (Å²) in [5.74, 6) is -1.94. The molecule has 1 aliphatic rings. The Morgan fingerprint density at radius 2 is 2.16 bits per heavy atom. The van der Waals surface area contributed by atoms with E-state index in [-0.39, 0.29) is 17.5 Å². The minimum Gasteiger partial charge on any atom is -0.352 e. The number of urea groups is 1. The lowest BCUT2D eigenvalue weighted by molar-refractivity contribution is 0.0782. The van der Waals surface area contributed by atoms with Crippen LogP contribution in [0.1, 0.15) is 16.9 Å². The lowest BCUT2D eigenvalue weighted by Crippen LogP contribution is -2.35. The van der Waals surface area contributed by atoms with Crippen LogP contribution in [0.15, 0.2) is 23.6 Å². The summed E-state index contributed by atoms with van der Waals surface area (Å²) in [6, 6.07) is 2.93. The number of hydrogen-bond acceptors (Lipinski definition) is 4. The van der Waals surface area contributed by atoms with Gasteiger partial charge >= 0.3 is 6.03 Å². The highest BCUT2D eigenvalue weighted by molar-refractivity contribution is 7.13. The Bertz CT molecular complexity index is 811. The van der Waals surface area contributed by atoms with Crippen LogP contribution in [0.2, 0.25) is 0 Å². The molecule has 0 spiro atoms. The maximum Gasteiger partial charge on any atom is 0.312 e. The van der Waals surface area contributed by atoms with Gasteiger partial charge in [0.2, 0.25) is 0 Å². The molecule has 2 heterocycles. The van der Waals surface area contributed by atoms with Crippen LogP contribution in [0.25, 0.3) is 10.6 Å². The van der Waals surface area contributed by atoms with E-state index in [4.69, 9.17) is 5.73 Å². The highest BCUT2D eigenvalue weighted by Crippen LogP contribution is 2.26. The highest BCUT2D eigenvalue weighted by Gasteiger charge is 2.28. The molecule has 9 heteroatoms. The smallest absolute Gasteiger partial charge is 0.312 e. The first-order valence-corrected chi connectivity index (χ1v) is 8.55. The van der Waals surface area contributed by atoms with Crippen LogP contribution in [-0.2, 0) is 0 Å². The zero-order valence-electron chi connectivity index (χ0n) is 13.2. The van der Waals surface area contributed by atoms with Gasteiger partial charge in [0.05, 0.1) is 0 Å². The monoisotopic (exact) mass is 366 g/mol. The summed E-state index contributed by atoms with van der Waals surface area (Å²) in [6.07, 6.45) is 0.770. The van der Waals surface area contributed by atoms with Crippen molar-refractivity contribution >= 4 is 23.3 Å². The Hall–Kier alpha value is -2.55. The number of primary amides is 1. The van der Waals surface area contributed by atoms with Gasteiger partial charge in [-0.3, -0.25) is 4.79 Å². The van der Waals surface area contributed by atoms with Crippen LogP contribution in [-0.4, -0.2) is 41.5 Å². The third kappa shape index (κ3) is 3.93. The van der Waals surface area contributed by atoms with Crippen LogP contribution in [0, 0.1) is 17.6 Å². The van der Waals surface area contributed by atoms with Crippen LogP contribution >= 0.6 is 11.3 Å². The SMILES string of the molecule is NC(=O)NCC1CCN(C(=O)c2csc(-c3ccc(F)c(F)c3)n2)C1. The van der Waals surface area contributed by atoms with Crippen molar-refractivity contribution in [3.63, 3.8) is 0 Å². The number of nitrogens with one attached hydrogen (secondary N) is 1. The molecule has 1 unspecified atom stereocenters. The summed E-state index contributed by atoms with van der Waals surface area (Å²) in [6.45, 7) is 1.51. The van der Waals surface area contributed by atoms with Crippen molar-refractivity contribution in [2.24, 2.45) is 11.7 Å². The van der Waals surface area contributed by atoms with E-state index in [0.29, 0.717) is 30.2 Å². The number of hydrogen-bond donors (Lipinski definition) is 2. The Morgan fingerprint density at radius 3 is 2.88 bits per heavy atom. The normalized spacial score (nSPS) is 16.9. The van der Waals surface area contributed by atoms with E-state index in [1.54, 1.807) is 10.3 Å². The molecule has 1 aromatic carbocycles. The first-order chi connectivity index (χ1) is 11.9. The summed E-state index contributed by atoms with van der Waals surface area (Å²) in [7, 11) is 0. The van der Waals surface area contributed by atoms with Crippen molar-refractivity contribution in [1.29, 1.82) is 0 Å². The van der Waals surface area contributed by atoms with Gasteiger partial charge in [0.15, 0.2) is 11.6 Å². The van der Waals surface area contributed by atoms with Crippen molar-refractivity contribution < 1.29 is 18.4 Å². The van der Waals surface area contributed by atoms with Gasteiger partial charge in [-0.25, -0.2) is 18.6 Å². The number of nitrogens with two attached hydrogens (primary N) is 1. The standard InChI is InChI=1S/C16H16F2N4O2S/c17-11-2-1-10(5-12(11)18)14-21-13(8-25-14)15(23)22-4-3-9(7-22)6-20-16(19)24/h1-2,5,8-9H,3-4,6-7H2,(H3,19,20,24). The van der Waals surface area contributed by atoms with Crippen LogP contribution in [0.5, 0.6) is 0 Å². The number of amides is 3. The first-order valence-electron chi connectivity index (χ1n) is 7.67. The van der Waals surface area contributed by atoms with E-state index < -0.39 is 17.7 Å². The van der Waals surface area contributed by atoms with Crippen molar-refractivity contribution in [2.45, 2.75) is 6.42 Å². The first kappa shape index (κ1) is 17.3. The van der Waals surface area contributed by atoms with Gasteiger partial charge in [-0.05, 0) is 30.5 Å². The molecule has 1 fully saturated rings. The number of rotatable bonds is 4. The summed E-state index contributed by atoms with van der Waals surface area (Å²) in [5.41, 5.74) is 5.74. The van der Waals surface area contributed by atoms with Crippen molar-refractivity contribution in [2.75, 3.05) is 19.6 Å².